The van der Waals surface area contributed by atoms with Crippen molar-refractivity contribution in [1.82, 2.24) is 4.90 Å². The van der Waals surface area contributed by atoms with Gasteiger partial charge in [-0.25, -0.2) is 4.39 Å². The quantitative estimate of drug-likeness (QED) is 0.481. The Balaban J connectivity index is 0. The van der Waals surface area contributed by atoms with Crippen LogP contribution in [0.1, 0.15) is 6.92 Å². The summed E-state index contributed by atoms with van der Waals surface area (Å²) >= 11 is 0. The zero-order valence-corrected chi connectivity index (χ0v) is 8.96. The van der Waals surface area contributed by atoms with Gasteiger partial charge in [0.15, 0.2) is 0 Å². The first-order valence-electron chi connectivity index (χ1n) is 4.21. The van der Waals surface area contributed by atoms with Crippen LogP contribution in [0.2, 0.25) is 0 Å². The van der Waals surface area contributed by atoms with Crippen LogP contribution in [0.3, 0.4) is 0 Å². The van der Waals surface area contributed by atoms with E-state index >= 15 is 0 Å². The summed E-state index contributed by atoms with van der Waals surface area (Å²) in [6, 6.07) is 0. The van der Waals surface area contributed by atoms with Crippen LogP contribution in [-0.4, -0.2) is 25.2 Å². The van der Waals surface area contributed by atoms with Gasteiger partial charge < -0.3 is 4.90 Å². The minimum absolute atomic E-state index is 0.351. The molecular weight excluding hydrogens is 177 g/mol. The van der Waals surface area contributed by atoms with Crippen LogP contribution < -0.4 is 0 Å². The molecule has 0 unspecified atom stereocenters. The maximum Gasteiger partial charge on any atom is 0.107 e. The summed E-state index contributed by atoms with van der Waals surface area (Å²) in [5.74, 6) is 0. The van der Waals surface area contributed by atoms with Gasteiger partial charge in [0.1, 0.15) is 6.67 Å². The van der Waals surface area contributed by atoms with Crippen LogP contribution in [0, 0.1) is 12.8 Å². The summed E-state index contributed by atoms with van der Waals surface area (Å²) in [6.07, 6.45) is 11.7. The summed E-state index contributed by atoms with van der Waals surface area (Å²) in [6.45, 7) is 9.43. The fourth-order valence-electron chi connectivity index (χ4n) is 0.636. The molecule has 78 valence electrons. The van der Waals surface area contributed by atoms with E-state index in [0.717, 1.165) is 11.3 Å². The molecule has 0 aromatic heterocycles. The van der Waals surface area contributed by atoms with E-state index in [4.69, 9.17) is 0 Å². The minimum Gasteiger partial charge on any atom is -0.372 e. The number of nitrogens with zero attached hydrogens (tertiary/aromatic N) is 1. The van der Waals surface area contributed by atoms with E-state index in [1.165, 1.54) is 0 Å². The highest BCUT2D eigenvalue weighted by Crippen LogP contribution is 2.01. The van der Waals surface area contributed by atoms with Gasteiger partial charge in [-0.1, -0.05) is 24.8 Å². The second-order valence-corrected chi connectivity index (χ2v) is 2.78. The number of alkyl halides is 1. The van der Waals surface area contributed by atoms with Gasteiger partial charge in [0.25, 0.3) is 0 Å². The lowest BCUT2D eigenvalue weighted by atomic mass is 10.3. The standard InChI is InChI=1S/C10H16FN.C2H2/c1-9(2)5-6-10(3)12(4)8-7-11;1-2/h5-6H,1,3,7-8H2,2,4H3;1-2H/b6-5-;. The Hall–Kier alpha value is -1.49. The van der Waals surface area contributed by atoms with Crippen molar-refractivity contribution in [3.05, 3.63) is 36.6 Å². The monoisotopic (exact) mass is 195 g/mol. The molecule has 2 heteroatoms. The van der Waals surface area contributed by atoms with Gasteiger partial charge in [-0.05, 0) is 13.0 Å². The van der Waals surface area contributed by atoms with Gasteiger partial charge in [0.05, 0.1) is 0 Å². The fraction of sp³-hybridized carbons (Fsp3) is 0.333. The Morgan fingerprint density at radius 2 is 1.86 bits per heavy atom. The molecule has 0 aliphatic rings. The summed E-state index contributed by atoms with van der Waals surface area (Å²) in [7, 11) is 1.81. The van der Waals surface area contributed by atoms with Crippen molar-refractivity contribution in [2.24, 2.45) is 0 Å². The number of likely N-dealkylation sites (N-methyl/N-ethyl adjacent to an activating group) is 1. The second-order valence-electron chi connectivity index (χ2n) is 2.78. The van der Waals surface area contributed by atoms with Crippen LogP contribution in [0.4, 0.5) is 4.39 Å². The first-order chi connectivity index (χ1) is 6.57. The molecule has 0 saturated heterocycles. The number of terminal acetylenes is 1. The van der Waals surface area contributed by atoms with Crippen LogP contribution in [0.5, 0.6) is 0 Å². The number of halogens is 1. The Morgan fingerprint density at radius 3 is 2.21 bits per heavy atom. The molecule has 0 aromatic rings. The molecule has 0 heterocycles. The van der Waals surface area contributed by atoms with Crippen molar-refractivity contribution in [2.75, 3.05) is 20.3 Å². The predicted octanol–water partition coefficient (Wildman–Crippen LogP) is 2.78. The molecule has 0 radical (unpaired) electrons. The maximum atomic E-state index is 11.9. The Labute approximate surface area is 86.6 Å². The van der Waals surface area contributed by atoms with Gasteiger partial charge in [-0.3, -0.25) is 0 Å². The van der Waals surface area contributed by atoms with E-state index in [2.05, 4.69) is 26.0 Å². The van der Waals surface area contributed by atoms with Crippen molar-refractivity contribution < 1.29 is 4.39 Å². The molecule has 0 rings (SSSR count). The van der Waals surface area contributed by atoms with Crippen LogP contribution in [-0.2, 0) is 0 Å². The number of allylic oxidation sites excluding steroid dienone is 3. The molecule has 0 spiro atoms. The predicted molar refractivity (Wildman–Crippen MR) is 61.6 cm³/mol. The molecule has 0 saturated carbocycles. The van der Waals surface area contributed by atoms with Crippen LogP contribution in [0.25, 0.3) is 0 Å². The van der Waals surface area contributed by atoms with Gasteiger partial charge in [0, 0.05) is 19.3 Å². The fourth-order valence-corrected chi connectivity index (χ4v) is 0.636. The topological polar surface area (TPSA) is 3.24 Å². The summed E-state index contributed by atoms with van der Waals surface area (Å²) in [4.78, 5) is 1.76. The first-order valence-corrected chi connectivity index (χ1v) is 4.21. The van der Waals surface area contributed by atoms with Crippen molar-refractivity contribution in [3.8, 4) is 12.8 Å². The number of hydrogen-bond acceptors (Lipinski definition) is 1. The van der Waals surface area contributed by atoms with Gasteiger partial charge in [-0.2, -0.15) is 0 Å². The lowest BCUT2D eigenvalue weighted by molar-refractivity contribution is 0.359. The Morgan fingerprint density at radius 1 is 1.36 bits per heavy atom. The average Bonchev–Trinajstić information content (AvgIpc) is 2.17. The molecule has 0 aromatic carbocycles. The molecule has 0 amide bonds. The lowest BCUT2D eigenvalue weighted by Gasteiger charge is -2.16. The van der Waals surface area contributed by atoms with E-state index < -0.39 is 0 Å². The van der Waals surface area contributed by atoms with E-state index in [1.807, 2.05) is 26.1 Å². The van der Waals surface area contributed by atoms with Crippen LogP contribution >= 0.6 is 0 Å². The molecule has 0 aliphatic carbocycles. The number of hydrogen-bond donors (Lipinski definition) is 0. The molecule has 14 heavy (non-hydrogen) atoms. The third kappa shape index (κ3) is 8.61. The largest absolute Gasteiger partial charge is 0.372 e. The first kappa shape index (κ1) is 15.0. The zero-order chi connectivity index (χ0) is 11.6. The number of rotatable bonds is 5. The van der Waals surface area contributed by atoms with E-state index in [-0.39, 0.29) is 6.67 Å². The van der Waals surface area contributed by atoms with Crippen molar-refractivity contribution in [1.29, 1.82) is 0 Å². The highest BCUT2D eigenvalue weighted by molar-refractivity contribution is 5.21. The lowest BCUT2D eigenvalue weighted by Crippen LogP contribution is -2.18. The third-order valence-corrected chi connectivity index (χ3v) is 1.47. The minimum atomic E-state index is -0.351. The maximum absolute atomic E-state index is 11.9. The molecule has 0 atom stereocenters. The zero-order valence-electron chi connectivity index (χ0n) is 8.96. The SMILES string of the molecule is C#C.C=C(C)/C=C\C(=C)N(C)CCF. The molecule has 0 aliphatic heterocycles. The van der Waals surface area contributed by atoms with Crippen molar-refractivity contribution in [3.63, 3.8) is 0 Å². The normalized spacial score (nSPS) is 8.93. The Bertz CT molecular complexity index is 226. The summed E-state index contributed by atoms with van der Waals surface area (Å²) in [5.41, 5.74) is 1.76. The van der Waals surface area contributed by atoms with Crippen molar-refractivity contribution in [2.45, 2.75) is 6.92 Å². The smallest absolute Gasteiger partial charge is 0.107 e. The van der Waals surface area contributed by atoms with Gasteiger partial charge in [0.2, 0.25) is 0 Å². The molecule has 0 fully saturated rings. The molecule has 0 N–H and O–H groups in total. The van der Waals surface area contributed by atoms with E-state index in [9.17, 15) is 4.39 Å². The molecule has 0 bridgehead atoms. The average molecular weight is 195 g/mol. The van der Waals surface area contributed by atoms with E-state index in [1.54, 1.807) is 4.90 Å². The highest BCUT2D eigenvalue weighted by Gasteiger charge is 1.96. The van der Waals surface area contributed by atoms with Crippen molar-refractivity contribution >= 4 is 0 Å². The van der Waals surface area contributed by atoms with Gasteiger partial charge in [-0.15, -0.1) is 12.8 Å². The third-order valence-electron chi connectivity index (χ3n) is 1.47. The molecular formula is C12H18FN. The summed E-state index contributed by atoms with van der Waals surface area (Å²) < 4.78 is 11.9. The van der Waals surface area contributed by atoms with Crippen LogP contribution in [0.15, 0.2) is 36.6 Å². The van der Waals surface area contributed by atoms with Gasteiger partial charge >= 0.3 is 0 Å². The van der Waals surface area contributed by atoms with E-state index in [0.29, 0.717) is 6.54 Å². The summed E-state index contributed by atoms with van der Waals surface area (Å²) in [5, 5.41) is 0. The Kier molecular flexibility index (Phi) is 10.3. The highest BCUT2D eigenvalue weighted by atomic mass is 19.1. The second kappa shape index (κ2) is 9.60. The molecule has 1 nitrogen and oxygen atoms in total.